The highest BCUT2D eigenvalue weighted by molar-refractivity contribution is 5.94. The molecular formula is C30H38N4O4. The average molecular weight is 519 g/mol. The van der Waals surface area contributed by atoms with Crippen molar-refractivity contribution in [1.29, 1.82) is 0 Å². The maximum atomic E-state index is 14.0. The van der Waals surface area contributed by atoms with E-state index in [0.717, 1.165) is 11.1 Å². The van der Waals surface area contributed by atoms with Gasteiger partial charge >= 0.3 is 0 Å². The number of nitrogens with zero attached hydrogens (tertiary/aromatic N) is 2. The number of carbonyl (C=O) groups excluding carboxylic acids is 3. The highest BCUT2D eigenvalue weighted by Gasteiger charge is 2.46. The van der Waals surface area contributed by atoms with Crippen molar-refractivity contribution in [3.05, 3.63) is 71.9 Å². The fourth-order valence-electron chi connectivity index (χ4n) is 5.05. The Hall–Kier alpha value is -3.65. The first-order valence-corrected chi connectivity index (χ1v) is 13.3. The number of hydrogen-bond donors (Lipinski definition) is 2. The van der Waals surface area contributed by atoms with E-state index in [4.69, 9.17) is 4.74 Å². The van der Waals surface area contributed by atoms with Gasteiger partial charge in [0, 0.05) is 19.2 Å². The number of ether oxygens (including phenoxy) is 1. The van der Waals surface area contributed by atoms with Crippen LogP contribution in [0.25, 0.3) is 6.08 Å². The lowest BCUT2D eigenvalue weighted by molar-refractivity contribution is -0.144. The zero-order chi connectivity index (χ0) is 27.2. The Balaban J connectivity index is 1.67. The molecule has 5 rings (SSSR count). The zero-order valence-corrected chi connectivity index (χ0v) is 22.6. The minimum absolute atomic E-state index is 0.101. The molecule has 5 atom stereocenters. The molecule has 1 saturated heterocycles. The summed E-state index contributed by atoms with van der Waals surface area (Å²) < 4.78 is 6.30. The molecule has 1 fully saturated rings. The number of benzene rings is 2. The van der Waals surface area contributed by atoms with Crippen molar-refractivity contribution in [2.75, 3.05) is 20.6 Å². The zero-order valence-electron chi connectivity index (χ0n) is 22.6. The van der Waals surface area contributed by atoms with E-state index in [1.54, 1.807) is 17.2 Å². The number of carbonyl (C=O) groups is 3. The molecule has 2 aromatic rings. The van der Waals surface area contributed by atoms with E-state index in [1.165, 1.54) is 0 Å². The van der Waals surface area contributed by atoms with Crippen LogP contribution in [-0.2, 0) is 20.8 Å². The van der Waals surface area contributed by atoms with Crippen LogP contribution in [0.5, 0.6) is 5.75 Å². The van der Waals surface area contributed by atoms with Crippen LogP contribution >= 0.6 is 0 Å². The summed E-state index contributed by atoms with van der Waals surface area (Å²) >= 11 is 0. The highest BCUT2D eigenvalue weighted by Crippen LogP contribution is 2.27. The Morgan fingerprint density at radius 1 is 1.08 bits per heavy atom. The van der Waals surface area contributed by atoms with Crippen molar-refractivity contribution in [2.24, 2.45) is 5.92 Å². The second-order valence-electron chi connectivity index (χ2n) is 10.4. The van der Waals surface area contributed by atoms with Gasteiger partial charge in [-0.1, -0.05) is 62.7 Å². The van der Waals surface area contributed by atoms with E-state index < -0.39 is 24.2 Å². The van der Waals surface area contributed by atoms with E-state index in [-0.39, 0.29) is 23.6 Å². The number of nitrogens with one attached hydrogen (secondary N) is 2. The fraction of sp³-hybridized carbons (Fsp3) is 0.433. The first-order valence-electron chi connectivity index (χ1n) is 13.3. The molecule has 0 aromatic heterocycles. The number of fused-ring (bicyclic) bond motifs is 7. The van der Waals surface area contributed by atoms with Crippen molar-refractivity contribution in [3.63, 3.8) is 0 Å². The minimum Gasteiger partial charge on any atom is -0.488 e. The van der Waals surface area contributed by atoms with Gasteiger partial charge in [0.1, 0.15) is 23.9 Å². The SMILES string of the molecule is CC[C@H](C)[C@@H]1NC(=O)[C@H]2[C@@H](CCN2C(=O)[C@H](Cc2ccccc2)N(C)C)Oc2ccc(cc2)C=CNC1=O. The maximum absolute atomic E-state index is 14.0. The summed E-state index contributed by atoms with van der Waals surface area (Å²) in [5.41, 5.74) is 1.96. The summed E-state index contributed by atoms with van der Waals surface area (Å²) in [4.78, 5) is 44.5. The molecule has 2 bridgehead atoms. The topological polar surface area (TPSA) is 91.0 Å². The molecule has 2 aromatic carbocycles. The second-order valence-corrected chi connectivity index (χ2v) is 10.4. The van der Waals surface area contributed by atoms with Crippen LogP contribution in [0, 0.1) is 5.92 Å². The predicted octanol–water partition coefficient (Wildman–Crippen LogP) is 2.84. The second kappa shape index (κ2) is 12.3. The Morgan fingerprint density at radius 3 is 2.45 bits per heavy atom. The van der Waals surface area contributed by atoms with Gasteiger partial charge in [-0.3, -0.25) is 19.3 Å². The van der Waals surface area contributed by atoms with Gasteiger partial charge in [0.05, 0.1) is 6.04 Å². The number of rotatable bonds is 6. The number of hydrogen-bond acceptors (Lipinski definition) is 5. The first kappa shape index (κ1) is 27.4. The summed E-state index contributed by atoms with van der Waals surface area (Å²) in [6, 6.07) is 15.3. The molecular weight excluding hydrogens is 480 g/mol. The third-order valence-corrected chi connectivity index (χ3v) is 7.54. The van der Waals surface area contributed by atoms with Crippen molar-refractivity contribution >= 4 is 23.8 Å². The van der Waals surface area contributed by atoms with Gasteiger partial charge in [0.25, 0.3) is 0 Å². The lowest BCUT2D eigenvalue weighted by atomic mass is 9.97. The number of likely N-dealkylation sites (tertiary alicyclic amines) is 1. The van der Waals surface area contributed by atoms with Crippen LogP contribution in [0.15, 0.2) is 60.8 Å². The number of likely N-dealkylation sites (N-methyl/N-ethyl adjacent to an activating group) is 1. The summed E-state index contributed by atoms with van der Waals surface area (Å²) in [5, 5.41) is 5.78. The van der Waals surface area contributed by atoms with Crippen LogP contribution in [0.4, 0.5) is 0 Å². The molecule has 0 saturated carbocycles. The van der Waals surface area contributed by atoms with Gasteiger partial charge in [-0.25, -0.2) is 0 Å². The van der Waals surface area contributed by atoms with Crippen molar-refractivity contribution < 1.29 is 19.1 Å². The van der Waals surface area contributed by atoms with Crippen molar-refractivity contribution in [1.82, 2.24) is 20.4 Å². The molecule has 8 nitrogen and oxygen atoms in total. The Bertz CT molecular complexity index is 1150. The van der Waals surface area contributed by atoms with Crippen LogP contribution in [-0.4, -0.2) is 72.4 Å². The molecule has 0 aliphatic carbocycles. The molecule has 3 heterocycles. The summed E-state index contributed by atoms with van der Waals surface area (Å²) in [6.07, 6.45) is 4.59. The Labute approximate surface area is 225 Å². The maximum Gasteiger partial charge on any atom is 0.247 e. The quantitative estimate of drug-likeness (QED) is 0.614. The largest absolute Gasteiger partial charge is 0.488 e. The minimum atomic E-state index is -0.863. The van der Waals surface area contributed by atoms with Gasteiger partial charge in [-0.05, 0) is 55.8 Å². The van der Waals surface area contributed by atoms with Crippen LogP contribution in [0.1, 0.15) is 37.8 Å². The van der Waals surface area contributed by atoms with Crippen LogP contribution < -0.4 is 15.4 Å². The molecule has 0 unspecified atom stereocenters. The van der Waals surface area contributed by atoms with Crippen LogP contribution in [0.2, 0.25) is 0 Å². The van der Waals surface area contributed by atoms with Gasteiger partial charge in [-0.15, -0.1) is 0 Å². The lowest BCUT2D eigenvalue weighted by Gasteiger charge is -2.34. The molecule has 2 N–H and O–H groups in total. The van der Waals surface area contributed by atoms with Gasteiger partial charge in [0.15, 0.2) is 0 Å². The summed E-state index contributed by atoms with van der Waals surface area (Å²) in [5.74, 6) is -0.269. The standard InChI is InChI=1S/C30H38N4O4/c1-5-20(2)26-28(35)31-17-15-21-11-13-23(14-12-21)38-25-16-18-34(27(25)29(36)32-26)30(37)24(33(3)4)19-22-9-7-6-8-10-22/h6-15,17,20,24-27H,5,16,18-19H2,1-4H3,(H,31,35)(H,32,36)/t20-,24-,25+,26-,27+/m0/s1. The van der Waals surface area contributed by atoms with E-state index >= 15 is 0 Å². The van der Waals surface area contributed by atoms with Gasteiger partial charge < -0.3 is 20.3 Å². The van der Waals surface area contributed by atoms with Crippen molar-refractivity contribution in [3.8, 4) is 5.75 Å². The smallest absolute Gasteiger partial charge is 0.247 e. The normalized spacial score (nSPS) is 23.2. The Kier molecular flexibility index (Phi) is 8.84. The van der Waals surface area contributed by atoms with Crippen molar-refractivity contribution in [2.45, 2.75) is 57.3 Å². The molecule has 38 heavy (non-hydrogen) atoms. The molecule has 0 radical (unpaired) electrons. The molecule has 3 amide bonds. The number of amides is 3. The van der Waals surface area contributed by atoms with Crippen LogP contribution in [0.3, 0.4) is 0 Å². The van der Waals surface area contributed by atoms with E-state index in [1.807, 2.05) is 87.4 Å². The third-order valence-electron chi connectivity index (χ3n) is 7.54. The van der Waals surface area contributed by atoms with E-state index in [0.29, 0.717) is 31.6 Å². The van der Waals surface area contributed by atoms with Gasteiger partial charge in [-0.2, -0.15) is 0 Å². The molecule has 3 aliphatic heterocycles. The fourth-order valence-corrected chi connectivity index (χ4v) is 5.05. The molecule has 202 valence electrons. The average Bonchev–Trinajstić information content (AvgIpc) is 3.34. The summed E-state index contributed by atoms with van der Waals surface area (Å²) in [6.45, 7) is 4.30. The van der Waals surface area contributed by atoms with E-state index in [9.17, 15) is 14.4 Å². The monoisotopic (exact) mass is 518 g/mol. The first-order chi connectivity index (χ1) is 18.3. The lowest BCUT2D eigenvalue weighted by Crippen LogP contribution is -2.59. The Morgan fingerprint density at radius 2 is 1.79 bits per heavy atom. The molecule has 3 aliphatic rings. The summed E-state index contributed by atoms with van der Waals surface area (Å²) in [7, 11) is 3.75. The molecule has 8 heteroatoms. The molecule has 0 spiro atoms. The van der Waals surface area contributed by atoms with E-state index in [2.05, 4.69) is 10.6 Å². The highest BCUT2D eigenvalue weighted by atomic mass is 16.5. The predicted molar refractivity (Wildman–Crippen MR) is 147 cm³/mol. The third kappa shape index (κ3) is 6.25. The van der Waals surface area contributed by atoms with Gasteiger partial charge in [0.2, 0.25) is 17.7 Å².